The lowest BCUT2D eigenvalue weighted by Gasteiger charge is -2.13. The van der Waals surface area contributed by atoms with Gasteiger partial charge in [-0.1, -0.05) is 30.7 Å². The number of aryl methyl sites for hydroxylation is 1. The summed E-state index contributed by atoms with van der Waals surface area (Å²) in [4.78, 5) is 19.0. The summed E-state index contributed by atoms with van der Waals surface area (Å²) in [6.45, 7) is 1.84. The van der Waals surface area contributed by atoms with Crippen LogP contribution in [0.25, 0.3) is 0 Å². The zero-order chi connectivity index (χ0) is 16.3. The minimum atomic E-state index is -1.23. The fraction of sp³-hybridized carbons (Fsp3) is 0.267. The van der Waals surface area contributed by atoms with E-state index < -0.39 is 11.8 Å². The van der Waals surface area contributed by atoms with Gasteiger partial charge in [-0.2, -0.15) is 4.98 Å². The van der Waals surface area contributed by atoms with Crippen LogP contribution in [0.1, 0.15) is 34.4 Å². The molecule has 0 fully saturated rings. The number of halogens is 2. The molecule has 0 amide bonds. The number of carboxylic acids is 1. The highest BCUT2D eigenvalue weighted by molar-refractivity contribution is 6.31. The Kier molecular flexibility index (Phi) is 4.92. The van der Waals surface area contributed by atoms with Crippen LogP contribution >= 0.6 is 11.6 Å². The van der Waals surface area contributed by atoms with Gasteiger partial charge in [0.15, 0.2) is 0 Å². The third kappa shape index (κ3) is 3.17. The van der Waals surface area contributed by atoms with E-state index in [2.05, 4.69) is 9.97 Å². The molecule has 116 valence electrons. The number of carboxylic acid groups (broad SMARTS) is 1. The lowest BCUT2D eigenvalue weighted by atomic mass is 10.0. The van der Waals surface area contributed by atoms with Crippen molar-refractivity contribution in [2.75, 3.05) is 7.11 Å². The molecule has 1 heterocycles. The SMILES string of the molecule is CCc1nc(C(=O)O)nc(OC)c1Cc1cccc(F)c1Cl. The number of carbonyl (C=O) groups is 1. The van der Waals surface area contributed by atoms with E-state index in [0.29, 0.717) is 23.2 Å². The summed E-state index contributed by atoms with van der Waals surface area (Å²) in [7, 11) is 1.39. The molecule has 1 N–H and O–H groups in total. The molecule has 0 saturated carbocycles. The van der Waals surface area contributed by atoms with E-state index in [4.69, 9.17) is 21.4 Å². The van der Waals surface area contributed by atoms with Crippen LogP contribution in [0.5, 0.6) is 5.88 Å². The number of hydrogen-bond acceptors (Lipinski definition) is 4. The lowest BCUT2D eigenvalue weighted by Crippen LogP contribution is -2.12. The first-order valence-electron chi connectivity index (χ1n) is 6.57. The highest BCUT2D eigenvalue weighted by atomic mass is 35.5. The van der Waals surface area contributed by atoms with Crippen molar-refractivity contribution in [1.82, 2.24) is 9.97 Å². The summed E-state index contributed by atoms with van der Waals surface area (Å²) in [5.74, 6) is -1.92. The van der Waals surface area contributed by atoms with Crippen LogP contribution in [0.15, 0.2) is 18.2 Å². The van der Waals surface area contributed by atoms with Crippen LogP contribution in [-0.4, -0.2) is 28.2 Å². The van der Waals surface area contributed by atoms with Crippen LogP contribution in [0.3, 0.4) is 0 Å². The topological polar surface area (TPSA) is 72.3 Å². The Morgan fingerprint density at radius 2 is 2.14 bits per heavy atom. The van der Waals surface area contributed by atoms with Gasteiger partial charge in [0.05, 0.1) is 17.8 Å². The van der Waals surface area contributed by atoms with Gasteiger partial charge in [-0.3, -0.25) is 0 Å². The normalized spacial score (nSPS) is 10.5. The molecule has 0 aliphatic rings. The Bertz CT molecular complexity index is 697. The van der Waals surface area contributed by atoms with E-state index in [1.165, 1.54) is 13.2 Å². The predicted octanol–water partition coefficient (Wildman–Crippen LogP) is 3.13. The molecule has 0 saturated heterocycles. The molecule has 0 radical (unpaired) electrons. The Morgan fingerprint density at radius 3 is 2.73 bits per heavy atom. The van der Waals surface area contributed by atoms with Crippen molar-refractivity contribution >= 4 is 17.6 Å². The molecule has 1 aromatic carbocycles. The maximum Gasteiger partial charge on any atom is 0.374 e. The molecular weight excluding hydrogens is 311 g/mol. The summed E-state index contributed by atoms with van der Waals surface area (Å²) in [6, 6.07) is 4.52. The zero-order valence-corrected chi connectivity index (χ0v) is 12.8. The monoisotopic (exact) mass is 324 g/mol. The third-order valence-corrected chi connectivity index (χ3v) is 3.60. The standard InChI is InChI=1S/C15H14ClFN2O3/c1-3-11-9(7-8-5-4-6-10(17)12(8)16)14(22-2)19-13(18-11)15(20)21/h4-6H,3,7H2,1-2H3,(H,20,21). The van der Waals surface area contributed by atoms with E-state index in [-0.39, 0.29) is 23.1 Å². The molecule has 0 aliphatic carbocycles. The van der Waals surface area contributed by atoms with Crippen molar-refractivity contribution in [3.63, 3.8) is 0 Å². The summed E-state index contributed by atoms with van der Waals surface area (Å²) in [5, 5.41) is 9.06. The minimum absolute atomic E-state index is 0.0221. The highest BCUT2D eigenvalue weighted by Gasteiger charge is 2.19. The molecule has 0 bridgehead atoms. The van der Waals surface area contributed by atoms with Crippen molar-refractivity contribution in [2.45, 2.75) is 19.8 Å². The van der Waals surface area contributed by atoms with Gasteiger partial charge in [0, 0.05) is 12.0 Å². The first kappa shape index (κ1) is 16.2. The molecule has 22 heavy (non-hydrogen) atoms. The fourth-order valence-electron chi connectivity index (χ4n) is 2.12. The molecule has 5 nitrogen and oxygen atoms in total. The largest absolute Gasteiger partial charge is 0.481 e. The van der Waals surface area contributed by atoms with Gasteiger partial charge in [0.2, 0.25) is 11.7 Å². The Labute approximate surface area is 131 Å². The number of methoxy groups -OCH3 is 1. The second kappa shape index (κ2) is 6.70. The van der Waals surface area contributed by atoms with E-state index in [1.54, 1.807) is 12.1 Å². The van der Waals surface area contributed by atoms with Crippen molar-refractivity contribution in [3.05, 3.63) is 51.7 Å². The lowest BCUT2D eigenvalue weighted by molar-refractivity contribution is 0.0681. The first-order chi connectivity index (χ1) is 10.5. The Hall–Kier alpha value is -2.21. The Balaban J connectivity index is 2.54. The quantitative estimate of drug-likeness (QED) is 0.914. The average Bonchev–Trinajstić information content (AvgIpc) is 2.51. The van der Waals surface area contributed by atoms with E-state index in [9.17, 15) is 9.18 Å². The van der Waals surface area contributed by atoms with E-state index in [0.717, 1.165) is 0 Å². The van der Waals surface area contributed by atoms with Gasteiger partial charge in [-0.05, 0) is 18.1 Å². The number of aromatic carboxylic acids is 1. The second-order valence-electron chi connectivity index (χ2n) is 4.53. The Morgan fingerprint density at radius 1 is 1.41 bits per heavy atom. The van der Waals surface area contributed by atoms with Crippen molar-refractivity contribution in [2.24, 2.45) is 0 Å². The number of hydrogen-bond donors (Lipinski definition) is 1. The van der Waals surface area contributed by atoms with E-state index in [1.807, 2.05) is 6.92 Å². The maximum atomic E-state index is 13.5. The maximum absolute atomic E-state index is 13.5. The van der Waals surface area contributed by atoms with Crippen LogP contribution in [0, 0.1) is 5.82 Å². The number of benzene rings is 1. The second-order valence-corrected chi connectivity index (χ2v) is 4.91. The number of rotatable bonds is 5. The summed E-state index contributed by atoms with van der Waals surface area (Å²) in [6.07, 6.45) is 0.740. The van der Waals surface area contributed by atoms with Crippen LogP contribution in [0.2, 0.25) is 5.02 Å². The zero-order valence-electron chi connectivity index (χ0n) is 12.1. The molecule has 1 aromatic heterocycles. The van der Waals surface area contributed by atoms with Crippen LogP contribution < -0.4 is 4.74 Å². The summed E-state index contributed by atoms with van der Waals surface area (Å²) >= 11 is 5.97. The van der Waals surface area contributed by atoms with Gasteiger partial charge >= 0.3 is 5.97 Å². The van der Waals surface area contributed by atoms with E-state index >= 15 is 0 Å². The van der Waals surface area contributed by atoms with Crippen LogP contribution in [0.4, 0.5) is 4.39 Å². The van der Waals surface area contributed by atoms with Crippen molar-refractivity contribution in [3.8, 4) is 5.88 Å². The molecular formula is C15H14ClFN2O3. The molecule has 0 atom stereocenters. The van der Waals surface area contributed by atoms with Gasteiger partial charge < -0.3 is 9.84 Å². The number of aromatic nitrogens is 2. The number of ether oxygens (including phenoxy) is 1. The van der Waals surface area contributed by atoms with Gasteiger partial charge in [0.25, 0.3) is 0 Å². The third-order valence-electron chi connectivity index (χ3n) is 3.17. The van der Waals surface area contributed by atoms with Gasteiger partial charge in [-0.15, -0.1) is 0 Å². The smallest absolute Gasteiger partial charge is 0.374 e. The number of nitrogens with zero attached hydrogens (tertiary/aromatic N) is 2. The molecule has 0 spiro atoms. The van der Waals surface area contributed by atoms with Crippen LogP contribution in [-0.2, 0) is 12.8 Å². The molecule has 0 unspecified atom stereocenters. The van der Waals surface area contributed by atoms with Gasteiger partial charge in [0.1, 0.15) is 5.82 Å². The molecule has 0 aliphatic heterocycles. The van der Waals surface area contributed by atoms with Gasteiger partial charge in [-0.25, -0.2) is 14.2 Å². The molecule has 2 rings (SSSR count). The first-order valence-corrected chi connectivity index (χ1v) is 6.95. The summed E-state index contributed by atoms with van der Waals surface area (Å²) in [5.41, 5.74) is 1.69. The predicted molar refractivity (Wildman–Crippen MR) is 79.1 cm³/mol. The highest BCUT2D eigenvalue weighted by Crippen LogP contribution is 2.27. The molecule has 2 aromatic rings. The molecule has 7 heteroatoms. The summed E-state index contributed by atoms with van der Waals surface area (Å²) < 4.78 is 18.7. The van der Waals surface area contributed by atoms with Crippen molar-refractivity contribution in [1.29, 1.82) is 0 Å². The minimum Gasteiger partial charge on any atom is -0.481 e. The fourth-order valence-corrected chi connectivity index (χ4v) is 2.31. The average molecular weight is 325 g/mol. The van der Waals surface area contributed by atoms with Crippen molar-refractivity contribution < 1.29 is 19.0 Å².